The number of Topliss-reactive ketones (excluding diaryl/α,β-unsaturated/α-hetero) is 1. The fraction of sp³-hybridized carbons (Fsp3) is 0.190. The summed E-state index contributed by atoms with van der Waals surface area (Å²) in [6.07, 6.45) is 1.43. The SMILES string of the molecule is COc1ccc(C(=O)Cn2cnc3scc(-c4ccc(C)s4)c3c2=O)c(OC)c1. The maximum Gasteiger partial charge on any atom is 0.263 e. The summed E-state index contributed by atoms with van der Waals surface area (Å²) in [6, 6.07) is 9.01. The molecule has 0 aliphatic heterocycles. The van der Waals surface area contributed by atoms with Gasteiger partial charge in [0.1, 0.15) is 16.3 Å². The number of thiophene rings is 2. The molecule has 0 N–H and O–H groups in total. The standard InChI is InChI=1S/C21H18N2O4S2/c1-12-4-7-18(29-12)15-10-28-20-19(15)21(25)23(11-22-20)9-16(24)14-6-5-13(26-2)8-17(14)27-3/h4-8,10-11H,9H2,1-3H3. The van der Waals surface area contributed by atoms with E-state index < -0.39 is 0 Å². The zero-order valence-corrected chi connectivity index (χ0v) is 17.7. The van der Waals surface area contributed by atoms with Crippen molar-refractivity contribution in [3.63, 3.8) is 0 Å². The summed E-state index contributed by atoms with van der Waals surface area (Å²) in [7, 11) is 3.04. The smallest absolute Gasteiger partial charge is 0.263 e. The average molecular weight is 427 g/mol. The lowest BCUT2D eigenvalue weighted by atomic mass is 10.1. The number of carbonyl (C=O) groups is 1. The van der Waals surface area contributed by atoms with Crippen LogP contribution in [0.15, 0.2) is 46.8 Å². The summed E-state index contributed by atoms with van der Waals surface area (Å²) in [5.41, 5.74) is 1.03. The molecule has 0 aliphatic rings. The van der Waals surface area contributed by atoms with Crippen LogP contribution in [0.1, 0.15) is 15.2 Å². The Balaban J connectivity index is 1.73. The van der Waals surface area contributed by atoms with E-state index in [2.05, 4.69) is 4.98 Å². The summed E-state index contributed by atoms with van der Waals surface area (Å²) in [5, 5.41) is 2.50. The number of ketones is 1. The third kappa shape index (κ3) is 3.56. The average Bonchev–Trinajstić information content (AvgIpc) is 3.35. The lowest BCUT2D eigenvalue weighted by molar-refractivity contribution is 0.0967. The van der Waals surface area contributed by atoms with E-state index in [0.29, 0.717) is 27.3 Å². The molecule has 8 heteroatoms. The fourth-order valence-electron chi connectivity index (χ4n) is 3.11. The molecule has 0 aliphatic carbocycles. The molecule has 0 saturated carbocycles. The molecule has 0 atom stereocenters. The van der Waals surface area contributed by atoms with Gasteiger partial charge in [0.25, 0.3) is 5.56 Å². The molecule has 0 spiro atoms. The summed E-state index contributed by atoms with van der Waals surface area (Å²) in [4.78, 5) is 33.3. The normalized spacial score (nSPS) is 11.0. The van der Waals surface area contributed by atoms with E-state index in [-0.39, 0.29) is 17.9 Å². The Hall–Kier alpha value is -2.97. The van der Waals surface area contributed by atoms with Gasteiger partial charge < -0.3 is 9.47 Å². The molecule has 0 bridgehead atoms. The first-order chi connectivity index (χ1) is 14.0. The first-order valence-electron chi connectivity index (χ1n) is 8.80. The number of aryl methyl sites for hydroxylation is 1. The highest BCUT2D eigenvalue weighted by molar-refractivity contribution is 7.19. The van der Waals surface area contributed by atoms with Crippen molar-refractivity contribution in [1.29, 1.82) is 0 Å². The van der Waals surface area contributed by atoms with E-state index in [4.69, 9.17) is 9.47 Å². The predicted octanol–water partition coefficient (Wildman–Crippen LogP) is 4.40. The molecule has 0 radical (unpaired) electrons. The zero-order valence-electron chi connectivity index (χ0n) is 16.1. The number of hydrogen-bond donors (Lipinski definition) is 0. The Bertz CT molecular complexity index is 1270. The third-order valence-electron chi connectivity index (χ3n) is 4.59. The van der Waals surface area contributed by atoms with Gasteiger partial charge in [-0.15, -0.1) is 22.7 Å². The van der Waals surface area contributed by atoms with Crippen molar-refractivity contribution < 1.29 is 14.3 Å². The van der Waals surface area contributed by atoms with Gasteiger partial charge >= 0.3 is 0 Å². The molecule has 148 valence electrons. The van der Waals surface area contributed by atoms with Crippen LogP contribution < -0.4 is 15.0 Å². The molecular formula is C21H18N2O4S2. The Morgan fingerprint density at radius 1 is 1.17 bits per heavy atom. The number of methoxy groups -OCH3 is 2. The second-order valence-electron chi connectivity index (χ2n) is 6.41. The summed E-state index contributed by atoms with van der Waals surface area (Å²) >= 11 is 3.06. The van der Waals surface area contributed by atoms with E-state index in [1.54, 1.807) is 36.6 Å². The van der Waals surface area contributed by atoms with Crippen LogP contribution in [-0.4, -0.2) is 29.6 Å². The highest BCUT2D eigenvalue weighted by atomic mass is 32.1. The predicted molar refractivity (Wildman–Crippen MR) is 116 cm³/mol. The second kappa shape index (κ2) is 7.81. The van der Waals surface area contributed by atoms with Crippen LogP contribution in [0, 0.1) is 6.92 Å². The number of nitrogens with zero attached hydrogens (tertiary/aromatic N) is 2. The fourth-order valence-corrected chi connectivity index (χ4v) is 4.97. The molecule has 29 heavy (non-hydrogen) atoms. The number of aromatic nitrogens is 2. The van der Waals surface area contributed by atoms with Gasteiger partial charge in [-0.3, -0.25) is 14.2 Å². The number of hydrogen-bond acceptors (Lipinski definition) is 7. The molecule has 1 aromatic carbocycles. The Labute approximate surface area is 175 Å². The first-order valence-corrected chi connectivity index (χ1v) is 10.5. The van der Waals surface area contributed by atoms with Gasteiger partial charge in [-0.25, -0.2) is 4.98 Å². The van der Waals surface area contributed by atoms with Crippen molar-refractivity contribution >= 4 is 38.7 Å². The molecule has 0 fully saturated rings. The molecular weight excluding hydrogens is 408 g/mol. The number of rotatable bonds is 6. The van der Waals surface area contributed by atoms with Crippen molar-refractivity contribution in [3.8, 4) is 21.9 Å². The molecule has 0 amide bonds. The largest absolute Gasteiger partial charge is 0.497 e. The van der Waals surface area contributed by atoms with Gasteiger partial charge in [0, 0.05) is 26.8 Å². The third-order valence-corrected chi connectivity index (χ3v) is 6.51. The molecule has 3 aromatic heterocycles. The maximum absolute atomic E-state index is 13.1. The molecule has 6 nitrogen and oxygen atoms in total. The molecule has 0 unspecified atom stereocenters. The monoisotopic (exact) mass is 426 g/mol. The number of ether oxygens (including phenoxy) is 2. The van der Waals surface area contributed by atoms with Crippen molar-refractivity contribution in [2.45, 2.75) is 13.5 Å². The number of carbonyl (C=O) groups excluding carboxylic acids is 1. The van der Waals surface area contributed by atoms with Crippen molar-refractivity contribution in [3.05, 3.63) is 62.8 Å². The Morgan fingerprint density at radius 2 is 2.00 bits per heavy atom. The van der Waals surface area contributed by atoms with Gasteiger partial charge in [0.2, 0.25) is 0 Å². The van der Waals surface area contributed by atoms with Crippen LogP contribution in [-0.2, 0) is 6.54 Å². The minimum atomic E-state index is -0.239. The summed E-state index contributed by atoms with van der Waals surface area (Å²) < 4.78 is 11.8. The van der Waals surface area contributed by atoms with Crippen LogP contribution in [0.3, 0.4) is 0 Å². The van der Waals surface area contributed by atoms with Gasteiger partial charge in [-0.05, 0) is 31.2 Å². The van der Waals surface area contributed by atoms with E-state index in [9.17, 15) is 9.59 Å². The topological polar surface area (TPSA) is 70.4 Å². The van der Waals surface area contributed by atoms with Gasteiger partial charge in [0.15, 0.2) is 5.78 Å². The molecule has 0 saturated heterocycles. The highest BCUT2D eigenvalue weighted by Gasteiger charge is 2.18. The summed E-state index contributed by atoms with van der Waals surface area (Å²) in [6.45, 7) is 1.91. The zero-order chi connectivity index (χ0) is 20.5. The molecule has 4 rings (SSSR count). The minimum Gasteiger partial charge on any atom is -0.497 e. The van der Waals surface area contributed by atoms with E-state index in [1.165, 1.54) is 34.2 Å². The number of benzene rings is 1. The van der Waals surface area contributed by atoms with Crippen LogP contribution in [0.5, 0.6) is 11.5 Å². The highest BCUT2D eigenvalue weighted by Crippen LogP contribution is 2.35. The van der Waals surface area contributed by atoms with Crippen LogP contribution in [0.25, 0.3) is 20.7 Å². The second-order valence-corrected chi connectivity index (χ2v) is 8.55. The summed E-state index contributed by atoms with van der Waals surface area (Å²) in [5.74, 6) is 0.756. The quantitative estimate of drug-likeness (QED) is 0.428. The first kappa shape index (κ1) is 19.4. The van der Waals surface area contributed by atoms with Crippen molar-refractivity contribution in [2.75, 3.05) is 14.2 Å². The Morgan fingerprint density at radius 3 is 2.69 bits per heavy atom. The van der Waals surface area contributed by atoms with E-state index in [1.807, 2.05) is 24.4 Å². The van der Waals surface area contributed by atoms with E-state index >= 15 is 0 Å². The van der Waals surface area contributed by atoms with Gasteiger partial charge in [0.05, 0.1) is 38.0 Å². The lowest BCUT2D eigenvalue weighted by Crippen LogP contribution is -2.24. The van der Waals surface area contributed by atoms with Crippen LogP contribution in [0.4, 0.5) is 0 Å². The van der Waals surface area contributed by atoms with Gasteiger partial charge in [-0.1, -0.05) is 0 Å². The number of fused-ring (bicyclic) bond motifs is 1. The van der Waals surface area contributed by atoms with E-state index in [0.717, 1.165) is 10.4 Å². The maximum atomic E-state index is 13.1. The van der Waals surface area contributed by atoms with Gasteiger partial charge in [-0.2, -0.15) is 0 Å². The van der Waals surface area contributed by atoms with Crippen molar-refractivity contribution in [1.82, 2.24) is 9.55 Å². The van der Waals surface area contributed by atoms with Crippen LogP contribution in [0.2, 0.25) is 0 Å². The van der Waals surface area contributed by atoms with Crippen LogP contribution >= 0.6 is 22.7 Å². The molecule has 3 heterocycles. The molecule has 4 aromatic rings. The Kier molecular flexibility index (Phi) is 5.21. The lowest BCUT2D eigenvalue weighted by Gasteiger charge is -2.10. The minimum absolute atomic E-state index is 0.122. The van der Waals surface area contributed by atoms with Crippen molar-refractivity contribution in [2.24, 2.45) is 0 Å².